The summed E-state index contributed by atoms with van der Waals surface area (Å²) in [6.45, 7) is 9.19. The van der Waals surface area contributed by atoms with Crippen LogP contribution in [0.1, 0.15) is 37.3 Å². The van der Waals surface area contributed by atoms with Crippen molar-refractivity contribution in [2.45, 2.75) is 32.7 Å². The number of likely N-dealkylation sites (N-methyl/N-ethyl adjacent to an activating group) is 1. The van der Waals surface area contributed by atoms with Gasteiger partial charge in [0.1, 0.15) is 12.4 Å². The maximum Gasteiger partial charge on any atom is 0.225 e. The zero-order chi connectivity index (χ0) is 22.8. The largest absolute Gasteiger partial charge is 0.492 e. The summed E-state index contributed by atoms with van der Waals surface area (Å²) in [5.41, 5.74) is 3.13. The zero-order valence-electron chi connectivity index (χ0n) is 19.8. The monoisotopic (exact) mass is 565 g/mol. The van der Waals surface area contributed by atoms with Gasteiger partial charge in [0.15, 0.2) is 5.96 Å². The molecule has 1 heterocycles. The first-order valence-corrected chi connectivity index (χ1v) is 11.4. The van der Waals surface area contributed by atoms with Crippen LogP contribution in [-0.2, 0) is 11.3 Å². The number of fused-ring (bicyclic) bond motifs is 1. The number of hydrogen-bond acceptors (Lipinski definition) is 4. The molecular weight excluding hydrogens is 529 g/mol. The SMILES string of the molecule is CCN(CC)CCOc1ccccc1CNC(=NC)NCC1CC(=O)Nc2ccccc21.I. The molecule has 0 aliphatic carbocycles. The van der Waals surface area contributed by atoms with Gasteiger partial charge in [0.25, 0.3) is 0 Å². The lowest BCUT2D eigenvalue weighted by atomic mass is 9.90. The first-order chi connectivity index (χ1) is 15.6. The number of rotatable bonds is 10. The van der Waals surface area contributed by atoms with E-state index >= 15 is 0 Å². The van der Waals surface area contributed by atoms with E-state index < -0.39 is 0 Å². The van der Waals surface area contributed by atoms with Gasteiger partial charge in [0.05, 0.1) is 0 Å². The molecule has 7 nitrogen and oxygen atoms in total. The Bertz CT molecular complexity index is 917. The van der Waals surface area contributed by atoms with Crippen molar-refractivity contribution in [1.29, 1.82) is 0 Å². The Balaban J connectivity index is 0.00000385. The van der Waals surface area contributed by atoms with Gasteiger partial charge in [0, 0.05) is 50.3 Å². The van der Waals surface area contributed by atoms with Crippen LogP contribution in [0.4, 0.5) is 5.69 Å². The Labute approximate surface area is 214 Å². The van der Waals surface area contributed by atoms with Crippen LogP contribution in [-0.4, -0.2) is 56.6 Å². The summed E-state index contributed by atoms with van der Waals surface area (Å²) in [7, 11) is 1.75. The van der Waals surface area contributed by atoms with Crippen molar-refractivity contribution in [3.63, 3.8) is 0 Å². The van der Waals surface area contributed by atoms with E-state index in [1.807, 2.05) is 36.4 Å². The fourth-order valence-electron chi connectivity index (χ4n) is 3.92. The summed E-state index contributed by atoms with van der Waals surface area (Å²) >= 11 is 0. The van der Waals surface area contributed by atoms with Gasteiger partial charge >= 0.3 is 0 Å². The third-order valence-corrected chi connectivity index (χ3v) is 5.82. The molecule has 1 atom stereocenters. The molecule has 1 aliphatic rings. The van der Waals surface area contributed by atoms with Crippen LogP contribution < -0.4 is 20.7 Å². The van der Waals surface area contributed by atoms with Crippen molar-refractivity contribution in [3.8, 4) is 5.75 Å². The highest BCUT2D eigenvalue weighted by atomic mass is 127. The van der Waals surface area contributed by atoms with Gasteiger partial charge < -0.3 is 25.6 Å². The molecule has 3 rings (SSSR count). The summed E-state index contributed by atoms with van der Waals surface area (Å²) in [6.07, 6.45) is 0.463. The van der Waals surface area contributed by atoms with E-state index in [4.69, 9.17) is 4.74 Å². The Morgan fingerprint density at radius 1 is 1.12 bits per heavy atom. The van der Waals surface area contributed by atoms with Crippen molar-refractivity contribution in [1.82, 2.24) is 15.5 Å². The van der Waals surface area contributed by atoms with Gasteiger partial charge in [0.2, 0.25) is 5.91 Å². The minimum Gasteiger partial charge on any atom is -0.492 e. The molecule has 33 heavy (non-hydrogen) atoms. The Hall–Kier alpha value is -2.33. The number of halogens is 1. The normalized spacial score (nSPS) is 15.3. The number of para-hydroxylation sites is 2. The molecule has 2 aromatic rings. The number of carbonyl (C=O) groups is 1. The van der Waals surface area contributed by atoms with Crippen LogP contribution in [0.15, 0.2) is 53.5 Å². The van der Waals surface area contributed by atoms with Crippen LogP contribution in [0.25, 0.3) is 0 Å². The first kappa shape index (κ1) is 26.9. The number of guanidine groups is 1. The highest BCUT2D eigenvalue weighted by Gasteiger charge is 2.24. The number of hydrogen-bond donors (Lipinski definition) is 3. The van der Waals surface area contributed by atoms with Gasteiger partial charge in [-0.2, -0.15) is 0 Å². The molecule has 8 heteroatoms. The summed E-state index contributed by atoms with van der Waals surface area (Å²) in [6, 6.07) is 16.1. The van der Waals surface area contributed by atoms with Crippen molar-refractivity contribution in [2.75, 3.05) is 45.2 Å². The molecule has 0 radical (unpaired) electrons. The zero-order valence-corrected chi connectivity index (χ0v) is 22.1. The van der Waals surface area contributed by atoms with E-state index in [0.717, 1.165) is 42.2 Å². The van der Waals surface area contributed by atoms with Crippen molar-refractivity contribution in [2.24, 2.45) is 4.99 Å². The molecule has 2 aromatic carbocycles. The van der Waals surface area contributed by atoms with Crippen molar-refractivity contribution < 1.29 is 9.53 Å². The molecular formula is C25H36IN5O2. The number of ether oxygens (including phenoxy) is 1. The number of benzene rings is 2. The summed E-state index contributed by atoms with van der Waals surface area (Å²) in [5.74, 6) is 1.75. The lowest BCUT2D eigenvalue weighted by Gasteiger charge is -2.26. The molecule has 0 aromatic heterocycles. The number of carbonyl (C=O) groups excluding carboxylic acids is 1. The van der Waals surface area contributed by atoms with Gasteiger partial charge in [-0.25, -0.2) is 0 Å². The van der Waals surface area contributed by atoms with Crippen LogP contribution in [0.2, 0.25) is 0 Å². The molecule has 3 N–H and O–H groups in total. The van der Waals surface area contributed by atoms with Crippen LogP contribution >= 0.6 is 24.0 Å². The van der Waals surface area contributed by atoms with E-state index in [1.165, 1.54) is 0 Å². The number of aliphatic imine (C=N–C) groups is 1. The summed E-state index contributed by atoms with van der Waals surface area (Å²) in [5, 5.41) is 9.69. The minimum absolute atomic E-state index is 0. The molecule has 0 bridgehead atoms. The minimum atomic E-state index is 0. The highest BCUT2D eigenvalue weighted by molar-refractivity contribution is 14.0. The topological polar surface area (TPSA) is 78.0 Å². The Morgan fingerprint density at radius 2 is 1.85 bits per heavy atom. The second-order valence-electron chi connectivity index (χ2n) is 7.83. The Morgan fingerprint density at radius 3 is 2.61 bits per heavy atom. The first-order valence-electron chi connectivity index (χ1n) is 11.4. The number of nitrogens with zero attached hydrogens (tertiary/aromatic N) is 2. The van der Waals surface area contributed by atoms with Crippen molar-refractivity contribution >= 4 is 41.5 Å². The smallest absolute Gasteiger partial charge is 0.225 e. The van der Waals surface area contributed by atoms with E-state index in [9.17, 15) is 4.79 Å². The maximum atomic E-state index is 12.1. The summed E-state index contributed by atoms with van der Waals surface area (Å²) < 4.78 is 6.06. The van der Waals surface area contributed by atoms with E-state index in [2.05, 4.69) is 51.8 Å². The van der Waals surface area contributed by atoms with Crippen LogP contribution in [0.5, 0.6) is 5.75 Å². The van der Waals surface area contributed by atoms with Gasteiger partial charge in [-0.1, -0.05) is 50.2 Å². The van der Waals surface area contributed by atoms with E-state index in [-0.39, 0.29) is 35.8 Å². The van der Waals surface area contributed by atoms with E-state index in [0.29, 0.717) is 32.1 Å². The lowest BCUT2D eigenvalue weighted by molar-refractivity contribution is -0.116. The van der Waals surface area contributed by atoms with Gasteiger partial charge in [-0.3, -0.25) is 9.79 Å². The number of anilines is 1. The van der Waals surface area contributed by atoms with Crippen molar-refractivity contribution in [3.05, 3.63) is 59.7 Å². The van der Waals surface area contributed by atoms with Gasteiger partial charge in [-0.05, 0) is 30.8 Å². The molecule has 0 fully saturated rings. The number of amides is 1. The molecule has 0 saturated carbocycles. The maximum absolute atomic E-state index is 12.1. The second kappa shape index (κ2) is 14.0. The average molecular weight is 566 g/mol. The van der Waals surface area contributed by atoms with E-state index in [1.54, 1.807) is 7.05 Å². The number of nitrogens with one attached hydrogen (secondary N) is 3. The predicted molar refractivity (Wildman–Crippen MR) is 146 cm³/mol. The standard InChI is InChI=1S/C25H35N5O2.HI/c1-4-30(5-2)14-15-32-23-13-9-6-10-19(23)17-27-25(26-3)28-18-20-16-24(31)29-22-12-8-7-11-21(20)22;/h6-13,20H,4-5,14-18H2,1-3H3,(H,29,31)(H2,26,27,28);1H. The molecule has 180 valence electrons. The quantitative estimate of drug-likeness (QED) is 0.232. The third kappa shape index (κ3) is 7.89. The Kier molecular flexibility index (Phi) is 11.5. The second-order valence-corrected chi connectivity index (χ2v) is 7.83. The van der Waals surface area contributed by atoms with Gasteiger partial charge in [-0.15, -0.1) is 24.0 Å². The fourth-order valence-corrected chi connectivity index (χ4v) is 3.92. The molecule has 1 aliphatic heterocycles. The van der Waals surface area contributed by atoms with Crippen LogP contribution in [0, 0.1) is 0 Å². The fraction of sp³-hybridized carbons (Fsp3) is 0.440. The van der Waals surface area contributed by atoms with Crippen LogP contribution in [0.3, 0.4) is 0 Å². The highest BCUT2D eigenvalue weighted by Crippen LogP contribution is 2.31. The molecule has 0 spiro atoms. The lowest BCUT2D eigenvalue weighted by Crippen LogP contribution is -2.40. The molecule has 1 amide bonds. The predicted octanol–water partition coefficient (Wildman–Crippen LogP) is 3.82. The third-order valence-electron chi connectivity index (χ3n) is 5.82. The molecule has 1 unspecified atom stereocenters. The summed E-state index contributed by atoms with van der Waals surface area (Å²) in [4.78, 5) is 18.8. The molecule has 0 saturated heterocycles. The average Bonchev–Trinajstić information content (AvgIpc) is 2.82.